The number of benzene rings is 7. The molecule has 1 aromatic heterocycles. The molecule has 0 atom stereocenters. The highest BCUT2D eigenvalue weighted by molar-refractivity contribution is 7.19. The number of rotatable bonds is 6. The van der Waals surface area contributed by atoms with Gasteiger partial charge in [0.15, 0.2) is 13.8 Å². The lowest BCUT2D eigenvalue weighted by Crippen LogP contribution is -2.74. The summed E-state index contributed by atoms with van der Waals surface area (Å²) in [7, 11) is -2.66. The van der Waals surface area contributed by atoms with E-state index in [4.69, 9.17) is 6.57 Å². The van der Waals surface area contributed by atoms with Gasteiger partial charge in [-0.15, -0.1) is 0 Å². The summed E-state index contributed by atoms with van der Waals surface area (Å²) in [5.74, 6) is 0. The maximum atomic E-state index is 10.7. The van der Waals surface area contributed by atoms with E-state index < -0.39 is 8.07 Å². The molecule has 3 nitrogen and oxygen atoms in total. The summed E-state index contributed by atoms with van der Waals surface area (Å²) in [6.07, 6.45) is 0. The molecule has 0 aliphatic carbocycles. The van der Waals surface area contributed by atoms with Crippen LogP contribution in [0, 0.1) is 17.9 Å². The molecule has 0 unspecified atom stereocenters. The van der Waals surface area contributed by atoms with Crippen LogP contribution < -0.4 is 20.7 Å². The Balaban J connectivity index is 1.33. The van der Waals surface area contributed by atoms with Crippen molar-refractivity contribution >= 4 is 56.3 Å². The molecule has 8 rings (SSSR count). The van der Waals surface area contributed by atoms with Gasteiger partial charge < -0.3 is 4.57 Å². The fraction of sp³-hybridized carbons (Fsp3) is 0. The molecule has 0 N–H and O–H groups in total. The Morgan fingerprint density at radius 2 is 1.06 bits per heavy atom. The molecule has 0 aliphatic rings. The van der Waals surface area contributed by atoms with Gasteiger partial charge in [-0.3, -0.25) is 0 Å². The van der Waals surface area contributed by atoms with Crippen molar-refractivity contribution < 1.29 is 0 Å². The van der Waals surface area contributed by atoms with E-state index in [2.05, 4.69) is 143 Å². The van der Waals surface area contributed by atoms with Gasteiger partial charge in [-0.2, -0.15) is 5.26 Å². The SMILES string of the molecule is [C-]#[N+]c1ccc2c(c1)c1ccccc1n2-c1cccc(-c2ccc([Si](c3ccccc3)(c3ccccc3)c3ccccc3)cc2)c1C#N. The molecule has 0 spiro atoms. The molecular formula is C44H29N3Si. The van der Waals surface area contributed by atoms with Crippen molar-refractivity contribution in [3.8, 4) is 22.9 Å². The van der Waals surface area contributed by atoms with Crippen LogP contribution in [0.4, 0.5) is 5.69 Å². The number of fused-ring (bicyclic) bond motifs is 3. The number of hydrogen-bond donors (Lipinski definition) is 0. The van der Waals surface area contributed by atoms with Crippen molar-refractivity contribution in [2.24, 2.45) is 0 Å². The van der Waals surface area contributed by atoms with Crippen molar-refractivity contribution in [3.05, 3.63) is 193 Å². The van der Waals surface area contributed by atoms with Crippen LogP contribution in [0.1, 0.15) is 5.56 Å². The Labute approximate surface area is 281 Å². The molecule has 224 valence electrons. The van der Waals surface area contributed by atoms with E-state index in [0.717, 1.165) is 38.6 Å². The van der Waals surface area contributed by atoms with Crippen LogP contribution in [0.2, 0.25) is 0 Å². The Morgan fingerprint density at radius 1 is 0.521 bits per heavy atom. The van der Waals surface area contributed by atoms with Crippen LogP contribution in [0.5, 0.6) is 0 Å². The number of para-hydroxylation sites is 1. The first-order valence-electron chi connectivity index (χ1n) is 16.0. The molecule has 0 fully saturated rings. The van der Waals surface area contributed by atoms with Crippen LogP contribution in [-0.2, 0) is 0 Å². The summed E-state index contributed by atoms with van der Waals surface area (Å²) in [6, 6.07) is 64.2. The van der Waals surface area contributed by atoms with Crippen LogP contribution in [0.15, 0.2) is 176 Å². The highest BCUT2D eigenvalue weighted by Gasteiger charge is 2.41. The third-order valence-electron chi connectivity index (χ3n) is 9.43. The summed E-state index contributed by atoms with van der Waals surface area (Å²) >= 11 is 0. The standard InChI is InChI=1S/C44H29N3Si/c1-46-33-26-29-44-40(30-33)39-20-11-12-22-42(39)47(44)43-23-13-21-38(41(43)31-45)32-24-27-37(28-25-32)48(34-14-5-2-6-15-34,35-16-7-3-8-17-35)36-18-9-4-10-19-36/h2-30H. The summed E-state index contributed by atoms with van der Waals surface area (Å²) in [6.45, 7) is 7.56. The molecule has 0 amide bonds. The van der Waals surface area contributed by atoms with Gasteiger partial charge in [-0.1, -0.05) is 152 Å². The van der Waals surface area contributed by atoms with Crippen LogP contribution in [-0.4, -0.2) is 12.6 Å². The third kappa shape index (κ3) is 4.55. The molecule has 7 aromatic carbocycles. The van der Waals surface area contributed by atoms with Gasteiger partial charge in [0.25, 0.3) is 0 Å². The minimum absolute atomic E-state index is 0.598. The van der Waals surface area contributed by atoms with Crippen molar-refractivity contribution in [1.82, 2.24) is 4.57 Å². The first-order chi connectivity index (χ1) is 23.7. The summed E-state index contributed by atoms with van der Waals surface area (Å²) < 4.78 is 2.16. The van der Waals surface area contributed by atoms with Crippen LogP contribution in [0.3, 0.4) is 0 Å². The van der Waals surface area contributed by atoms with E-state index in [1.54, 1.807) is 0 Å². The average molecular weight is 628 g/mol. The first-order valence-corrected chi connectivity index (χ1v) is 18.0. The second-order valence-corrected chi connectivity index (χ2v) is 15.7. The fourth-order valence-electron chi connectivity index (χ4n) is 7.34. The van der Waals surface area contributed by atoms with E-state index in [-0.39, 0.29) is 0 Å². The van der Waals surface area contributed by atoms with Gasteiger partial charge in [0, 0.05) is 10.9 Å². The van der Waals surface area contributed by atoms with Crippen molar-refractivity contribution in [3.63, 3.8) is 0 Å². The van der Waals surface area contributed by atoms with E-state index in [0.29, 0.717) is 11.3 Å². The zero-order valence-electron chi connectivity index (χ0n) is 26.1. The zero-order chi connectivity index (χ0) is 32.5. The lowest BCUT2D eigenvalue weighted by Gasteiger charge is -2.34. The Morgan fingerprint density at radius 3 is 1.65 bits per heavy atom. The van der Waals surface area contributed by atoms with E-state index in [1.807, 2.05) is 48.5 Å². The lowest BCUT2D eigenvalue weighted by atomic mass is 9.98. The second kappa shape index (κ2) is 12.0. The van der Waals surface area contributed by atoms with Gasteiger partial charge in [0.05, 0.1) is 28.9 Å². The highest BCUT2D eigenvalue weighted by Crippen LogP contribution is 2.37. The molecule has 8 aromatic rings. The van der Waals surface area contributed by atoms with Crippen LogP contribution >= 0.6 is 0 Å². The monoisotopic (exact) mass is 627 g/mol. The van der Waals surface area contributed by atoms with Gasteiger partial charge in [0.2, 0.25) is 0 Å². The number of hydrogen-bond acceptors (Lipinski definition) is 1. The topological polar surface area (TPSA) is 33.1 Å². The van der Waals surface area contributed by atoms with E-state index >= 15 is 0 Å². The van der Waals surface area contributed by atoms with Gasteiger partial charge in [-0.25, -0.2) is 4.85 Å². The predicted molar refractivity (Wildman–Crippen MR) is 201 cm³/mol. The molecule has 0 saturated heterocycles. The zero-order valence-corrected chi connectivity index (χ0v) is 27.1. The predicted octanol–water partition coefficient (Wildman–Crippen LogP) is 8.25. The quantitative estimate of drug-likeness (QED) is 0.104. The van der Waals surface area contributed by atoms with Crippen molar-refractivity contribution in [2.75, 3.05) is 0 Å². The largest absolute Gasteiger partial charge is 0.308 e. The van der Waals surface area contributed by atoms with E-state index in [9.17, 15) is 5.26 Å². The molecule has 1 heterocycles. The summed E-state index contributed by atoms with van der Waals surface area (Å²) in [5.41, 5.74) is 5.88. The smallest absolute Gasteiger partial charge is 0.188 e. The minimum Gasteiger partial charge on any atom is -0.308 e. The van der Waals surface area contributed by atoms with Gasteiger partial charge >= 0.3 is 0 Å². The molecule has 0 saturated carbocycles. The first kappa shape index (κ1) is 29.0. The molecule has 4 heteroatoms. The Kier molecular flexibility index (Phi) is 7.27. The Hall–Kier alpha value is -6.46. The number of nitrogens with zero attached hydrogens (tertiary/aromatic N) is 3. The normalized spacial score (nSPS) is 11.3. The molecular weight excluding hydrogens is 599 g/mol. The number of nitriles is 1. The second-order valence-electron chi connectivity index (χ2n) is 11.9. The molecule has 0 bridgehead atoms. The fourth-order valence-corrected chi connectivity index (χ4v) is 12.1. The van der Waals surface area contributed by atoms with Crippen LogP contribution in [0.25, 0.3) is 43.5 Å². The summed E-state index contributed by atoms with van der Waals surface area (Å²) in [4.78, 5) is 3.67. The Bertz CT molecular complexity index is 2410. The molecule has 0 radical (unpaired) electrons. The van der Waals surface area contributed by atoms with Gasteiger partial charge in [0.1, 0.15) is 6.07 Å². The van der Waals surface area contributed by atoms with Crippen molar-refractivity contribution in [2.45, 2.75) is 0 Å². The van der Waals surface area contributed by atoms with E-state index in [1.165, 1.54) is 20.7 Å². The maximum Gasteiger partial charge on any atom is 0.188 e. The van der Waals surface area contributed by atoms with Gasteiger partial charge in [-0.05, 0) is 56.0 Å². The summed E-state index contributed by atoms with van der Waals surface area (Å²) in [5, 5.41) is 18.0. The highest BCUT2D eigenvalue weighted by atomic mass is 28.3. The third-order valence-corrected chi connectivity index (χ3v) is 14.2. The van der Waals surface area contributed by atoms with Crippen molar-refractivity contribution in [1.29, 1.82) is 5.26 Å². The molecule has 0 aliphatic heterocycles. The number of aromatic nitrogens is 1. The molecule has 48 heavy (non-hydrogen) atoms. The minimum atomic E-state index is -2.66. The average Bonchev–Trinajstić information content (AvgIpc) is 3.50. The lowest BCUT2D eigenvalue weighted by molar-refractivity contribution is 1.17. The maximum absolute atomic E-state index is 10.7.